The minimum absolute atomic E-state index is 0.0358. The van der Waals surface area contributed by atoms with Crippen LogP contribution < -0.4 is 10.6 Å². The maximum Gasteiger partial charge on any atom is 0.292 e. The lowest BCUT2D eigenvalue weighted by molar-refractivity contribution is -0.384. The summed E-state index contributed by atoms with van der Waals surface area (Å²) >= 11 is 0. The molecule has 1 amide bonds. The molecule has 1 rings (SSSR count). The summed E-state index contributed by atoms with van der Waals surface area (Å²) in [5.74, 6) is -0.272. The van der Waals surface area contributed by atoms with Gasteiger partial charge in [-0.05, 0) is 26.0 Å². The quantitative estimate of drug-likeness (QED) is 0.617. The van der Waals surface area contributed by atoms with E-state index in [9.17, 15) is 14.9 Å². The van der Waals surface area contributed by atoms with Gasteiger partial charge in [0.25, 0.3) is 11.6 Å². The molecule has 0 atom stereocenters. The maximum atomic E-state index is 11.4. The number of rotatable bonds is 4. The fourth-order valence-electron chi connectivity index (χ4n) is 1.41. The van der Waals surface area contributed by atoms with Crippen molar-refractivity contribution in [1.29, 1.82) is 0 Å². The van der Waals surface area contributed by atoms with Crippen LogP contribution in [0, 0.1) is 10.1 Å². The Labute approximate surface area is 99.2 Å². The number of nitrogens with zero attached hydrogens (tertiary/aromatic N) is 1. The molecule has 0 spiro atoms. The standard InChI is InChI=1S/C11H15N3O3/c1-7(2)13-9-6-8(11(15)12-3)4-5-10(9)14(16)17/h4-7,13H,1-3H3,(H,12,15). The van der Waals surface area contributed by atoms with Gasteiger partial charge in [-0.15, -0.1) is 0 Å². The second-order valence-corrected chi connectivity index (χ2v) is 3.87. The zero-order valence-corrected chi connectivity index (χ0v) is 9.98. The molecular weight excluding hydrogens is 222 g/mol. The minimum Gasteiger partial charge on any atom is -0.377 e. The van der Waals surface area contributed by atoms with Crippen molar-refractivity contribution in [2.24, 2.45) is 0 Å². The number of nitrogens with one attached hydrogen (secondary N) is 2. The average molecular weight is 237 g/mol. The molecule has 6 nitrogen and oxygen atoms in total. The summed E-state index contributed by atoms with van der Waals surface area (Å²) in [6, 6.07) is 4.29. The molecule has 0 unspecified atom stereocenters. The molecule has 0 aliphatic carbocycles. The van der Waals surface area contributed by atoms with Crippen LogP contribution in [0.4, 0.5) is 11.4 Å². The molecular formula is C11H15N3O3. The number of carbonyl (C=O) groups is 1. The van der Waals surface area contributed by atoms with E-state index in [1.54, 1.807) is 0 Å². The van der Waals surface area contributed by atoms with Gasteiger partial charge in [-0.2, -0.15) is 0 Å². The summed E-state index contributed by atoms with van der Waals surface area (Å²) < 4.78 is 0. The molecule has 0 aliphatic rings. The lowest BCUT2D eigenvalue weighted by atomic mass is 10.1. The zero-order chi connectivity index (χ0) is 13.0. The number of amides is 1. The molecule has 17 heavy (non-hydrogen) atoms. The second-order valence-electron chi connectivity index (χ2n) is 3.87. The van der Waals surface area contributed by atoms with Crippen molar-refractivity contribution in [2.75, 3.05) is 12.4 Å². The van der Waals surface area contributed by atoms with Gasteiger partial charge in [0.05, 0.1) is 4.92 Å². The number of nitro groups is 1. The molecule has 0 fully saturated rings. The third-order valence-corrected chi connectivity index (χ3v) is 2.13. The Bertz CT molecular complexity index is 444. The SMILES string of the molecule is CNC(=O)c1ccc([N+](=O)[O-])c(NC(C)C)c1. The highest BCUT2D eigenvalue weighted by Gasteiger charge is 2.16. The lowest BCUT2D eigenvalue weighted by Crippen LogP contribution is -2.18. The largest absolute Gasteiger partial charge is 0.377 e. The number of carbonyl (C=O) groups excluding carboxylic acids is 1. The Morgan fingerprint density at radius 1 is 1.41 bits per heavy atom. The Hall–Kier alpha value is -2.11. The molecule has 0 heterocycles. The zero-order valence-electron chi connectivity index (χ0n) is 9.98. The minimum atomic E-state index is -0.474. The molecule has 0 aromatic heterocycles. The summed E-state index contributed by atoms with van der Waals surface area (Å²) in [5, 5.41) is 16.2. The summed E-state index contributed by atoms with van der Waals surface area (Å²) in [6.07, 6.45) is 0. The van der Waals surface area contributed by atoms with E-state index in [1.165, 1.54) is 25.2 Å². The predicted octanol–water partition coefficient (Wildman–Crippen LogP) is 1.77. The van der Waals surface area contributed by atoms with E-state index in [4.69, 9.17) is 0 Å². The van der Waals surface area contributed by atoms with Crippen LogP contribution >= 0.6 is 0 Å². The van der Waals surface area contributed by atoms with Crippen molar-refractivity contribution in [3.8, 4) is 0 Å². The monoisotopic (exact) mass is 237 g/mol. The number of benzene rings is 1. The predicted molar refractivity (Wildman–Crippen MR) is 65.2 cm³/mol. The van der Waals surface area contributed by atoms with Gasteiger partial charge in [0.15, 0.2) is 0 Å². The number of anilines is 1. The Morgan fingerprint density at radius 3 is 2.53 bits per heavy atom. The molecule has 2 N–H and O–H groups in total. The fourth-order valence-corrected chi connectivity index (χ4v) is 1.41. The Balaban J connectivity index is 3.18. The molecule has 92 valence electrons. The number of hydrogen-bond donors (Lipinski definition) is 2. The molecule has 0 bridgehead atoms. The normalized spacial score (nSPS) is 10.1. The fraction of sp³-hybridized carbons (Fsp3) is 0.364. The van der Waals surface area contributed by atoms with Crippen molar-refractivity contribution in [3.63, 3.8) is 0 Å². The van der Waals surface area contributed by atoms with Gasteiger partial charge in [0.1, 0.15) is 5.69 Å². The van der Waals surface area contributed by atoms with Crippen molar-refractivity contribution in [3.05, 3.63) is 33.9 Å². The van der Waals surface area contributed by atoms with E-state index >= 15 is 0 Å². The van der Waals surface area contributed by atoms with Gasteiger partial charge in [-0.1, -0.05) is 0 Å². The summed E-state index contributed by atoms with van der Waals surface area (Å²) in [4.78, 5) is 21.8. The first-order valence-corrected chi connectivity index (χ1v) is 5.22. The smallest absolute Gasteiger partial charge is 0.292 e. The summed E-state index contributed by atoms with van der Waals surface area (Å²) in [5.41, 5.74) is 0.707. The van der Waals surface area contributed by atoms with Crippen LogP contribution in [0.3, 0.4) is 0 Å². The summed E-state index contributed by atoms with van der Waals surface area (Å²) in [7, 11) is 1.51. The van der Waals surface area contributed by atoms with Crippen molar-refractivity contribution in [1.82, 2.24) is 5.32 Å². The van der Waals surface area contributed by atoms with E-state index in [1.807, 2.05) is 13.8 Å². The van der Waals surface area contributed by atoms with E-state index in [0.717, 1.165) is 0 Å². The number of nitro benzene ring substituents is 1. The van der Waals surface area contributed by atoms with Crippen molar-refractivity contribution >= 4 is 17.3 Å². The first-order valence-electron chi connectivity index (χ1n) is 5.22. The topological polar surface area (TPSA) is 84.3 Å². The average Bonchev–Trinajstić information content (AvgIpc) is 2.26. The molecule has 0 saturated carbocycles. The van der Waals surface area contributed by atoms with E-state index in [0.29, 0.717) is 11.3 Å². The van der Waals surface area contributed by atoms with Crippen molar-refractivity contribution < 1.29 is 9.72 Å². The highest BCUT2D eigenvalue weighted by molar-refractivity contribution is 5.95. The first-order chi connectivity index (χ1) is 7.95. The van der Waals surface area contributed by atoms with Gasteiger partial charge in [-0.3, -0.25) is 14.9 Å². The van der Waals surface area contributed by atoms with E-state index in [2.05, 4.69) is 10.6 Å². The Kier molecular flexibility index (Phi) is 4.03. The maximum absolute atomic E-state index is 11.4. The molecule has 1 aromatic rings. The van der Waals surface area contributed by atoms with Crippen molar-refractivity contribution in [2.45, 2.75) is 19.9 Å². The molecule has 0 radical (unpaired) electrons. The van der Waals surface area contributed by atoms with Crippen LogP contribution in [0.2, 0.25) is 0 Å². The van der Waals surface area contributed by atoms with Crippen LogP contribution in [0.15, 0.2) is 18.2 Å². The molecule has 6 heteroatoms. The van der Waals surface area contributed by atoms with Gasteiger partial charge in [0, 0.05) is 24.7 Å². The van der Waals surface area contributed by atoms with E-state index < -0.39 is 4.92 Å². The lowest BCUT2D eigenvalue weighted by Gasteiger charge is -2.11. The van der Waals surface area contributed by atoms with Gasteiger partial charge < -0.3 is 10.6 Å². The summed E-state index contributed by atoms with van der Waals surface area (Å²) in [6.45, 7) is 3.74. The second kappa shape index (κ2) is 5.29. The highest BCUT2D eigenvalue weighted by Crippen LogP contribution is 2.26. The number of hydrogen-bond acceptors (Lipinski definition) is 4. The first kappa shape index (κ1) is 13.0. The molecule has 0 saturated heterocycles. The Morgan fingerprint density at radius 2 is 2.06 bits per heavy atom. The third-order valence-electron chi connectivity index (χ3n) is 2.13. The van der Waals surface area contributed by atoms with E-state index in [-0.39, 0.29) is 17.6 Å². The van der Waals surface area contributed by atoms with Crippen LogP contribution in [0.25, 0.3) is 0 Å². The molecule has 1 aromatic carbocycles. The van der Waals surface area contributed by atoms with Crippen LogP contribution in [-0.2, 0) is 0 Å². The van der Waals surface area contributed by atoms with Gasteiger partial charge >= 0.3 is 0 Å². The third kappa shape index (κ3) is 3.17. The molecule has 0 aliphatic heterocycles. The van der Waals surface area contributed by atoms with Crippen LogP contribution in [0.1, 0.15) is 24.2 Å². The van der Waals surface area contributed by atoms with Crippen LogP contribution in [-0.4, -0.2) is 23.9 Å². The van der Waals surface area contributed by atoms with Gasteiger partial charge in [-0.25, -0.2) is 0 Å². The van der Waals surface area contributed by atoms with Gasteiger partial charge in [0.2, 0.25) is 0 Å². The highest BCUT2D eigenvalue weighted by atomic mass is 16.6. The van der Waals surface area contributed by atoms with Crippen LogP contribution in [0.5, 0.6) is 0 Å².